The quantitative estimate of drug-likeness (QED) is 0.683. The van der Waals surface area contributed by atoms with Crippen LogP contribution in [-0.2, 0) is 6.54 Å². The van der Waals surface area contributed by atoms with E-state index < -0.39 is 0 Å². The number of furan rings is 1. The molecule has 1 aromatic heterocycles. The summed E-state index contributed by atoms with van der Waals surface area (Å²) in [6.45, 7) is 4.42. The van der Waals surface area contributed by atoms with Gasteiger partial charge in [0.2, 0.25) is 0 Å². The molecular weight excluding hydrogens is 308 g/mol. The number of para-hydroxylation sites is 1. The van der Waals surface area contributed by atoms with Crippen LogP contribution in [0.3, 0.4) is 0 Å². The van der Waals surface area contributed by atoms with E-state index in [1.807, 2.05) is 6.07 Å². The van der Waals surface area contributed by atoms with Crippen molar-refractivity contribution in [2.75, 3.05) is 31.6 Å². The highest BCUT2D eigenvalue weighted by atomic mass is 16.3. The zero-order valence-corrected chi connectivity index (χ0v) is 14.7. The van der Waals surface area contributed by atoms with Crippen molar-refractivity contribution < 1.29 is 4.42 Å². The summed E-state index contributed by atoms with van der Waals surface area (Å²) < 4.78 is 6.21. The lowest BCUT2D eigenvalue weighted by Crippen LogP contribution is -2.31. The second kappa shape index (κ2) is 5.92. The molecule has 0 N–H and O–H groups in total. The van der Waals surface area contributed by atoms with Gasteiger partial charge in [0.1, 0.15) is 11.3 Å². The maximum Gasteiger partial charge on any atom is 0.134 e. The molecule has 1 saturated heterocycles. The number of benzene rings is 2. The summed E-state index contributed by atoms with van der Waals surface area (Å²) in [5.74, 6) is 1.40. The Morgan fingerprint density at radius 3 is 2.68 bits per heavy atom. The number of anilines is 1. The highest BCUT2D eigenvalue weighted by Gasteiger charge is 2.28. The van der Waals surface area contributed by atoms with Gasteiger partial charge in [-0.25, -0.2) is 0 Å². The largest absolute Gasteiger partial charge is 0.460 e. The fourth-order valence-electron chi connectivity index (χ4n) is 4.42. The number of fused-ring (bicyclic) bond motifs is 2. The molecule has 3 heterocycles. The van der Waals surface area contributed by atoms with Crippen molar-refractivity contribution >= 4 is 16.7 Å². The highest BCUT2D eigenvalue weighted by molar-refractivity contribution is 5.78. The molecule has 3 heteroatoms. The fraction of sp³-hybridized carbons (Fsp3) is 0.364. The number of hydrogen-bond acceptors (Lipinski definition) is 3. The van der Waals surface area contributed by atoms with Crippen LogP contribution < -0.4 is 4.90 Å². The Morgan fingerprint density at radius 2 is 1.84 bits per heavy atom. The van der Waals surface area contributed by atoms with Gasteiger partial charge in [-0.05, 0) is 55.3 Å². The third kappa shape index (κ3) is 2.63. The Hall–Kier alpha value is -2.26. The lowest BCUT2D eigenvalue weighted by Gasteiger charge is -2.32. The van der Waals surface area contributed by atoms with Crippen LogP contribution in [0.1, 0.15) is 35.6 Å². The second-order valence-electron chi connectivity index (χ2n) is 7.51. The molecule has 0 radical (unpaired) electrons. The predicted molar refractivity (Wildman–Crippen MR) is 102 cm³/mol. The standard InChI is InChI=1S/C22H24N2O/c1-23-14-17-12-18(24-10-4-5-11-24)8-9-19(17)20(15-23)22-13-16-6-2-3-7-21(16)25-22/h2-3,6-9,12-13,20H,4-5,10-11,14-15H2,1H3. The first-order valence-electron chi connectivity index (χ1n) is 9.33. The van der Waals surface area contributed by atoms with E-state index in [-0.39, 0.29) is 0 Å². The van der Waals surface area contributed by atoms with Gasteiger partial charge in [0, 0.05) is 37.3 Å². The molecule has 128 valence electrons. The van der Waals surface area contributed by atoms with Gasteiger partial charge in [0.25, 0.3) is 0 Å². The van der Waals surface area contributed by atoms with Crippen LogP contribution in [0.15, 0.2) is 52.9 Å². The number of likely N-dealkylation sites (N-methyl/N-ethyl adjacent to an activating group) is 1. The van der Waals surface area contributed by atoms with Gasteiger partial charge in [-0.15, -0.1) is 0 Å². The van der Waals surface area contributed by atoms with E-state index in [2.05, 4.69) is 59.3 Å². The van der Waals surface area contributed by atoms with Gasteiger partial charge < -0.3 is 14.2 Å². The third-order valence-corrected chi connectivity index (χ3v) is 5.70. The van der Waals surface area contributed by atoms with E-state index in [9.17, 15) is 0 Å². The molecule has 0 amide bonds. The molecule has 3 aromatic rings. The van der Waals surface area contributed by atoms with Crippen molar-refractivity contribution in [2.24, 2.45) is 0 Å². The molecule has 1 fully saturated rings. The molecule has 0 aliphatic carbocycles. The van der Waals surface area contributed by atoms with Crippen molar-refractivity contribution in [1.82, 2.24) is 4.90 Å². The van der Waals surface area contributed by atoms with Crippen molar-refractivity contribution in [3.05, 3.63) is 65.4 Å². The molecule has 0 bridgehead atoms. The summed E-state index contributed by atoms with van der Waals surface area (Å²) in [5.41, 5.74) is 5.25. The Balaban J connectivity index is 1.55. The summed E-state index contributed by atoms with van der Waals surface area (Å²) in [6.07, 6.45) is 2.64. The fourth-order valence-corrected chi connectivity index (χ4v) is 4.42. The zero-order valence-electron chi connectivity index (χ0n) is 14.7. The summed E-state index contributed by atoms with van der Waals surface area (Å²) in [5, 5.41) is 1.20. The normalized spacial score (nSPS) is 21.0. The lowest BCUT2D eigenvalue weighted by molar-refractivity contribution is 0.282. The smallest absolute Gasteiger partial charge is 0.134 e. The Labute approximate surface area is 148 Å². The van der Waals surface area contributed by atoms with Crippen LogP contribution in [0, 0.1) is 0 Å². The summed E-state index contributed by atoms with van der Waals surface area (Å²) >= 11 is 0. The maximum atomic E-state index is 6.21. The van der Waals surface area contributed by atoms with E-state index in [1.165, 1.54) is 48.1 Å². The number of rotatable bonds is 2. The first-order valence-corrected chi connectivity index (χ1v) is 9.33. The molecule has 0 spiro atoms. The molecule has 3 nitrogen and oxygen atoms in total. The first kappa shape index (κ1) is 15.0. The van der Waals surface area contributed by atoms with Gasteiger partial charge in [0.15, 0.2) is 0 Å². The summed E-state index contributed by atoms with van der Waals surface area (Å²) in [7, 11) is 2.21. The van der Waals surface area contributed by atoms with E-state index >= 15 is 0 Å². The van der Waals surface area contributed by atoms with Gasteiger partial charge in [-0.1, -0.05) is 24.3 Å². The molecule has 2 aromatic carbocycles. The van der Waals surface area contributed by atoms with E-state index in [1.54, 1.807) is 0 Å². The summed E-state index contributed by atoms with van der Waals surface area (Å²) in [6, 6.07) is 17.6. The minimum absolute atomic E-state index is 0.314. The van der Waals surface area contributed by atoms with Crippen LogP contribution in [-0.4, -0.2) is 31.6 Å². The Bertz CT molecular complexity index is 874. The van der Waals surface area contributed by atoms with E-state index in [4.69, 9.17) is 4.42 Å². The molecule has 1 unspecified atom stereocenters. The first-order chi connectivity index (χ1) is 12.3. The van der Waals surface area contributed by atoms with Crippen LogP contribution >= 0.6 is 0 Å². The van der Waals surface area contributed by atoms with Gasteiger partial charge in [-0.3, -0.25) is 0 Å². The van der Waals surface area contributed by atoms with E-state index in [0.717, 1.165) is 24.4 Å². The second-order valence-corrected chi connectivity index (χ2v) is 7.51. The van der Waals surface area contributed by atoms with Crippen LogP contribution in [0.5, 0.6) is 0 Å². The Kier molecular flexibility index (Phi) is 3.56. The minimum Gasteiger partial charge on any atom is -0.460 e. The molecule has 0 saturated carbocycles. The van der Waals surface area contributed by atoms with E-state index in [0.29, 0.717) is 5.92 Å². The molecule has 2 aliphatic heterocycles. The SMILES string of the molecule is CN1Cc2cc(N3CCCC3)ccc2C(c2cc3ccccc3o2)C1. The molecule has 25 heavy (non-hydrogen) atoms. The van der Waals surface area contributed by atoms with Gasteiger partial charge in [-0.2, -0.15) is 0 Å². The molecule has 1 atom stereocenters. The van der Waals surface area contributed by atoms with Gasteiger partial charge in [0.05, 0.1) is 5.92 Å². The monoisotopic (exact) mass is 332 g/mol. The lowest BCUT2D eigenvalue weighted by atomic mass is 9.87. The summed E-state index contributed by atoms with van der Waals surface area (Å²) in [4.78, 5) is 4.93. The predicted octanol–water partition coefficient (Wildman–Crippen LogP) is 4.61. The number of hydrogen-bond donors (Lipinski definition) is 0. The van der Waals surface area contributed by atoms with Crippen molar-refractivity contribution in [3.8, 4) is 0 Å². The molecule has 5 rings (SSSR count). The third-order valence-electron chi connectivity index (χ3n) is 5.70. The average Bonchev–Trinajstić information content (AvgIpc) is 3.30. The number of nitrogens with zero attached hydrogens (tertiary/aromatic N) is 2. The highest BCUT2D eigenvalue weighted by Crippen LogP contribution is 2.37. The van der Waals surface area contributed by atoms with Crippen molar-refractivity contribution in [1.29, 1.82) is 0 Å². The zero-order chi connectivity index (χ0) is 16.8. The van der Waals surface area contributed by atoms with Crippen LogP contribution in [0.25, 0.3) is 11.0 Å². The average molecular weight is 332 g/mol. The van der Waals surface area contributed by atoms with Crippen LogP contribution in [0.4, 0.5) is 5.69 Å². The molecular formula is C22H24N2O. The van der Waals surface area contributed by atoms with Crippen LogP contribution in [0.2, 0.25) is 0 Å². The van der Waals surface area contributed by atoms with Gasteiger partial charge >= 0.3 is 0 Å². The topological polar surface area (TPSA) is 19.6 Å². The Morgan fingerprint density at radius 1 is 1.00 bits per heavy atom. The molecule has 2 aliphatic rings. The maximum absolute atomic E-state index is 6.21. The van der Waals surface area contributed by atoms with Crippen molar-refractivity contribution in [2.45, 2.75) is 25.3 Å². The minimum atomic E-state index is 0.314. The van der Waals surface area contributed by atoms with Crippen molar-refractivity contribution in [3.63, 3.8) is 0 Å².